The standard InChI is InChI=1S/C27H20F5N3O3S/c1-15-22(28)9-10-23(33-15)21-13-16(27(30,31)32)5-7-18(21)19-11-12-38-24-14-17(6-8-20(19)24)39(36,37)35-26-4-2-3-25(29)34-26/h2-10,13-14,19H,11-12H2,1H3,(H,34,35). The van der Waals surface area contributed by atoms with Crippen LogP contribution in [0.5, 0.6) is 5.75 Å². The van der Waals surface area contributed by atoms with E-state index in [4.69, 9.17) is 4.74 Å². The van der Waals surface area contributed by atoms with Crippen molar-refractivity contribution in [3.05, 3.63) is 101 Å². The van der Waals surface area contributed by atoms with Crippen LogP contribution in [0, 0.1) is 18.7 Å². The van der Waals surface area contributed by atoms with Gasteiger partial charge in [-0.05, 0) is 61.4 Å². The molecule has 5 rings (SSSR count). The Morgan fingerprint density at radius 3 is 2.44 bits per heavy atom. The molecule has 0 amide bonds. The third kappa shape index (κ3) is 5.42. The molecule has 3 heterocycles. The molecular weight excluding hydrogens is 541 g/mol. The molecule has 1 aliphatic rings. The number of pyridine rings is 2. The Balaban J connectivity index is 1.57. The molecule has 202 valence electrons. The number of ether oxygens (including phenoxy) is 1. The summed E-state index contributed by atoms with van der Waals surface area (Å²) in [5.41, 5.74) is 0.581. The SMILES string of the molecule is Cc1nc(-c2cc(C(F)(F)F)ccc2C2CCOc3cc(S(=O)(=O)Nc4cccc(F)n4)ccc32)ccc1F. The van der Waals surface area contributed by atoms with Crippen molar-refractivity contribution in [2.45, 2.75) is 30.3 Å². The lowest BCUT2D eigenvalue weighted by atomic mass is 9.82. The van der Waals surface area contributed by atoms with E-state index in [0.717, 1.165) is 24.3 Å². The minimum Gasteiger partial charge on any atom is -0.493 e. The van der Waals surface area contributed by atoms with Gasteiger partial charge in [0.05, 0.1) is 28.5 Å². The molecule has 0 saturated heterocycles. The molecule has 0 spiro atoms. The molecule has 0 saturated carbocycles. The maximum absolute atomic E-state index is 13.9. The van der Waals surface area contributed by atoms with Gasteiger partial charge in [-0.15, -0.1) is 0 Å². The van der Waals surface area contributed by atoms with Gasteiger partial charge < -0.3 is 4.74 Å². The lowest BCUT2D eigenvalue weighted by Crippen LogP contribution is -2.19. The molecule has 0 radical (unpaired) electrons. The predicted octanol–water partition coefficient (Wildman–Crippen LogP) is 6.46. The molecule has 39 heavy (non-hydrogen) atoms. The van der Waals surface area contributed by atoms with Crippen LogP contribution < -0.4 is 9.46 Å². The van der Waals surface area contributed by atoms with Crippen molar-refractivity contribution < 1.29 is 35.1 Å². The second-order valence-electron chi connectivity index (χ2n) is 8.90. The largest absolute Gasteiger partial charge is 0.493 e. The van der Waals surface area contributed by atoms with Crippen molar-refractivity contribution in [2.24, 2.45) is 0 Å². The van der Waals surface area contributed by atoms with Crippen molar-refractivity contribution in [1.29, 1.82) is 0 Å². The molecule has 6 nitrogen and oxygen atoms in total. The zero-order valence-corrected chi connectivity index (χ0v) is 21.1. The van der Waals surface area contributed by atoms with Gasteiger partial charge in [0.1, 0.15) is 17.4 Å². The number of benzene rings is 2. The number of halogens is 5. The number of nitrogens with zero attached hydrogens (tertiary/aromatic N) is 2. The average Bonchev–Trinajstić information content (AvgIpc) is 2.88. The number of hydrogen-bond acceptors (Lipinski definition) is 5. The fourth-order valence-electron chi connectivity index (χ4n) is 4.47. The maximum Gasteiger partial charge on any atom is 0.416 e. The minimum atomic E-state index is -4.61. The monoisotopic (exact) mass is 561 g/mol. The number of hydrogen-bond donors (Lipinski definition) is 1. The van der Waals surface area contributed by atoms with Gasteiger partial charge in [0, 0.05) is 23.1 Å². The van der Waals surface area contributed by atoms with Gasteiger partial charge in [0.15, 0.2) is 0 Å². The van der Waals surface area contributed by atoms with Crippen molar-refractivity contribution in [1.82, 2.24) is 9.97 Å². The summed E-state index contributed by atoms with van der Waals surface area (Å²) in [6.07, 6.45) is -4.22. The van der Waals surface area contributed by atoms with Gasteiger partial charge >= 0.3 is 6.18 Å². The Bertz CT molecular complexity index is 1680. The number of nitrogens with one attached hydrogen (secondary N) is 1. The van der Waals surface area contributed by atoms with Gasteiger partial charge in [0.25, 0.3) is 10.0 Å². The van der Waals surface area contributed by atoms with Crippen LogP contribution in [-0.4, -0.2) is 25.0 Å². The lowest BCUT2D eigenvalue weighted by Gasteiger charge is -2.28. The van der Waals surface area contributed by atoms with Gasteiger partial charge in [-0.3, -0.25) is 9.71 Å². The van der Waals surface area contributed by atoms with Gasteiger partial charge in [0.2, 0.25) is 5.95 Å². The van der Waals surface area contributed by atoms with Gasteiger partial charge in [-0.25, -0.2) is 17.8 Å². The third-order valence-electron chi connectivity index (χ3n) is 6.34. The summed E-state index contributed by atoms with van der Waals surface area (Å²) in [6, 6.07) is 13.6. The highest BCUT2D eigenvalue weighted by atomic mass is 32.2. The van der Waals surface area contributed by atoms with E-state index in [9.17, 15) is 30.4 Å². The number of rotatable bonds is 5. The summed E-state index contributed by atoms with van der Waals surface area (Å²) in [7, 11) is -4.16. The Hall–Kier alpha value is -4.06. The predicted molar refractivity (Wildman–Crippen MR) is 133 cm³/mol. The van der Waals surface area contributed by atoms with Crippen LogP contribution in [0.25, 0.3) is 11.3 Å². The quantitative estimate of drug-likeness (QED) is 0.223. The highest BCUT2D eigenvalue weighted by Gasteiger charge is 2.33. The highest BCUT2D eigenvalue weighted by Crippen LogP contribution is 2.44. The Morgan fingerprint density at radius 2 is 1.72 bits per heavy atom. The molecule has 2 aromatic heterocycles. The van der Waals surface area contributed by atoms with E-state index in [2.05, 4.69) is 14.7 Å². The number of sulfonamides is 1. The second-order valence-corrected chi connectivity index (χ2v) is 10.6. The van der Waals surface area contributed by atoms with E-state index in [1.54, 1.807) is 0 Å². The second kappa shape index (κ2) is 9.92. The molecule has 0 bridgehead atoms. The smallest absolute Gasteiger partial charge is 0.416 e. The molecule has 0 aliphatic carbocycles. The van der Waals surface area contributed by atoms with Crippen molar-refractivity contribution >= 4 is 15.8 Å². The summed E-state index contributed by atoms with van der Waals surface area (Å²) in [5.74, 6) is -1.88. The van der Waals surface area contributed by atoms with Gasteiger partial charge in [-0.2, -0.15) is 17.6 Å². The molecule has 1 atom stereocenters. The lowest BCUT2D eigenvalue weighted by molar-refractivity contribution is -0.137. The Labute approximate surface area is 220 Å². The number of aryl methyl sites for hydroxylation is 1. The molecule has 1 unspecified atom stereocenters. The van der Waals surface area contributed by atoms with Crippen LogP contribution in [-0.2, 0) is 16.2 Å². The molecule has 4 aromatic rings. The van der Waals surface area contributed by atoms with E-state index in [1.807, 2.05) is 0 Å². The number of alkyl halides is 3. The van der Waals surface area contributed by atoms with Crippen LogP contribution in [0.1, 0.15) is 34.7 Å². The van der Waals surface area contributed by atoms with Crippen LogP contribution in [0.15, 0.2) is 71.6 Å². The molecule has 12 heteroatoms. The topological polar surface area (TPSA) is 81.2 Å². The first-order valence-corrected chi connectivity index (χ1v) is 13.2. The fourth-order valence-corrected chi connectivity index (χ4v) is 5.49. The highest BCUT2D eigenvalue weighted by molar-refractivity contribution is 7.92. The van der Waals surface area contributed by atoms with Crippen LogP contribution in [0.4, 0.5) is 27.8 Å². The van der Waals surface area contributed by atoms with Crippen molar-refractivity contribution in [3.8, 4) is 17.0 Å². The molecule has 0 fully saturated rings. The normalized spacial score (nSPS) is 15.4. The van der Waals surface area contributed by atoms with E-state index in [0.29, 0.717) is 17.5 Å². The fraction of sp³-hybridized carbons (Fsp3) is 0.185. The summed E-state index contributed by atoms with van der Waals surface area (Å²) >= 11 is 0. The number of aromatic nitrogens is 2. The van der Waals surface area contributed by atoms with Crippen LogP contribution in [0.3, 0.4) is 0 Å². The molecule has 1 N–H and O–H groups in total. The first kappa shape index (κ1) is 26.5. The zero-order chi connectivity index (χ0) is 27.9. The maximum atomic E-state index is 13.9. The molecule has 1 aliphatic heterocycles. The Kier molecular flexibility index (Phi) is 6.75. The van der Waals surface area contributed by atoms with E-state index < -0.39 is 39.4 Å². The van der Waals surface area contributed by atoms with Crippen LogP contribution >= 0.6 is 0 Å². The van der Waals surface area contributed by atoms with Crippen molar-refractivity contribution in [2.75, 3.05) is 11.3 Å². The average molecular weight is 562 g/mol. The summed E-state index contributed by atoms with van der Waals surface area (Å²) in [5, 5.41) is 0. The first-order chi connectivity index (χ1) is 18.4. The van der Waals surface area contributed by atoms with E-state index in [-0.39, 0.29) is 40.0 Å². The third-order valence-corrected chi connectivity index (χ3v) is 7.69. The number of fused-ring (bicyclic) bond motifs is 1. The van der Waals surface area contributed by atoms with Crippen molar-refractivity contribution in [3.63, 3.8) is 0 Å². The van der Waals surface area contributed by atoms with E-state index in [1.165, 1.54) is 49.4 Å². The van der Waals surface area contributed by atoms with Gasteiger partial charge in [-0.1, -0.05) is 18.2 Å². The summed E-state index contributed by atoms with van der Waals surface area (Å²) in [6.45, 7) is 1.58. The number of anilines is 1. The first-order valence-electron chi connectivity index (χ1n) is 11.7. The summed E-state index contributed by atoms with van der Waals surface area (Å²) < 4.78 is 102. The molecular formula is C27H20F5N3O3S. The molecule has 2 aromatic carbocycles. The minimum absolute atomic E-state index is 0.0402. The van der Waals surface area contributed by atoms with E-state index >= 15 is 0 Å². The summed E-state index contributed by atoms with van der Waals surface area (Å²) in [4.78, 5) is 7.51. The van der Waals surface area contributed by atoms with Crippen LogP contribution in [0.2, 0.25) is 0 Å². The zero-order valence-electron chi connectivity index (χ0n) is 20.3. The Morgan fingerprint density at radius 1 is 0.949 bits per heavy atom.